The van der Waals surface area contributed by atoms with Crippen molar-refractivity contribution in [1.29, 1.82) is 0 Å². The van der Waals surface area contributed by atoms with E-state index in [0.717, 1.165) is 16.7 Å². The first-order valence-electron chi connectivity index (χ1n) is 13.9. The Morgan fingerprint density at radius 2 is 0.818 bits per heavy atom. The standard InChI is InChI=1S/C32H37O11P/c1-32(22-2-8-25(33)9-3-22,23-4-10-26(34)11-5-23)24-6-12-27(13-7-24)43-44(18-14-28(35)36,19-15-29(37)38,20-16-30(39)40)21-17-31(41)42/h2-13,33-34H,14-21H2,1H3,(H,35,36)(H,37,38)(H,39,40)(H,41,42). The Balaban J connectivity index is 2.16. The summed E-state index contributed by atoms with van der Waals surface area (Å²) in [4.78, 5) is 46.8. The molecule has 6 N–H and O–H groups in total. The number of benzene rings is 3. The summed E-state index contributed by atoms with van der Waals surface area (Å²) in [6.07, 6.45) is -2.54. The van der Waals surface area contributed by atoms with Crippen molar-refractivity contribution in [3.63, 3.8) is 0 Å². The van der Waals surface area contributed by atoms with Crippen LogP contribution in [0.3, 0.4) is 0 Å². The first-order valence-corrected chi connectivity index (χ1v) is 16.8. The summed E-state index contributed by atoms with van der Waals surface area (Å²) in [6.45, 7) is -2.17. The molecular weight excluding hydrogens is 591 g/mol. The van der Waals surface area contributed by atoms with Gasteiger partial charge in [0, 0.05) is 0 Å². The minimum atomic E-state index is -4.13. The molecule has 0 spiro atoms. The number of aromatic hydroxyl groups is 2. The van der Waals surface area contributed by atoms with E-state index in [0.29, 0.717) is 0 Å². The van der Waals surface area contributed by atoms with Gasteiger partial charge in [0.1, 0.15) is 0 Å². The third-order valence-corrected chi connectivity index (χ3v) is 14.4. The first-order chi connectivity index (χ1) is 20.7. The van der Waals surface area contributed by atoms with Crippen LogP contribution >= 0.6 is 6.83 Å². The summed E-state index contributed by atoms with van der Waals surface area (Å²) in [6, 6.07) is 20.1. The van der Waals surface area contributed by atoms with Crippen LogP contribution < -0.4 is 4.52 Å². The molecule has 44 heavy (non-hydrogen) atoms. The van der Waals surface area contributed by atoms with E-state index in [4.69, 9.17) is 4.52 Å². The van der Waals surface area contributed by atoms with Crippen molar-refractivity contribution in [2.24, 2.45) is 0 Å². The number of rotatable bonds is 17. The SMILES string of the molecule is CC(c1ccc(O)cc1)(c1ccc(O)cc1)c1ccc(OP(CCC(=O)O)(CCC(=O)O)(CCC(=O)O)CCC(=O)O)cc1. The van der Waals surface area contributed by atoms with Crippen molar-refractivity contribution in [3.8, 4) is 17.2 Å². The van der Waals surface area contributed by atoms with Gasteiger partial charge in [-0.25, -0.2) is 0 Å². The third-order valence-electron chi connectivity index (χ3n) is 8.25. The topological polar surface area (TPSA) is 199 Å². The molecule has 0 fully saturated rings. The zero-order valence-corrected chi connectivity index (χ0v) is 25.2. The van der Waals surface area contributed by atoms with Gasteiger partial charge in [0.05, 0.1) is 0 Å². The molecule has 3 aromatic carbocycles. The molecule has 0 saturated carbocycles. The van der Waals surface area contributed by atoms with Gasteiger partial charge in [0.15, 0.2) is 0 Å². The number of carboxylic acid groups (broad SMARTS) is 4. The summed E-state index contributed by atoms with van der Waals surface area (Å²) in [7, 11) is 0. The molecule has 0 aliphatic rings. The molecule has 0 amide bonds. The van der Waals surface area contributed by atoms with Gasteiger partial charge < -0.3 is 0 Å². The van der Waals surface area contributed by atoms with E-state index in [1.54, 1.807) is 72.8 Å². The molecule has 0 aliphatic heterocycles. The summed E-state index contributed by atoms with van der Waals surface area (Å²) in [5.41, 5.74) is 1.62. The maximum absolute atomic E-state index is 11.7. The van der Waals surface area contributed by atoms with Crippen LogP contribution in [0.5, 0.6) is 17.2 Å². The third kappa shape index (κ3) is 8.26. The Morgan fingerprint density at radius 3 is 1.09 bits per heavy atom. The summed E-state index contributed by atoms with van der Waals surface area (Å²) in [5.74, 6) is -4.38. The fourth-order valence-electron chi connectivity index (χ4n) is 5.60. The second kappa shape index (κ2) is 13.8. The Hall–Kier alpha value is -4.63. The van der Waals surface area contributed by atoms with Gasteiger partial charge in [-0.3, -0.25) is 0 Å². The normalized spacial score (nSPS) is 12.5. The summed E-state index contributed by atoms with van der Waals surface area (Å²) >= 11 is 0. The van der Waals surface area contributed by atoms with Crippen LogP contribution in [0.2, 0.25) is 0 Å². The predicted octanol–water partition coefficient (Wildman–Crippen LogP) is 5.20. The van der Waals surface area contributed by atoms with Gasteiger partial charge in [0.2, 0.25) is 0 Å². The van der Waals surface area contributed by atoms with Crippen molar-refractivity contribution < 1.29 is 54.3 Å². The van der Waals surface area contributed by atoms with Crippen LogP contribution in [0.1, 0.15) is 49.3 Å². The minimum absolute atomic E-state index is 0.0855. The number of aliphatic carboxylic acids is 4. The van der Waals surface area contributed by atoms with Crippen molar-refractivity contribution >= 4 is 30.7 Å². The van der Waals surface area contributed by atoms with E-state index >= 15 is 0 Å². The number of carbonyl (C=O) groups is 4. The molecule has 0 aliphatic carbocycles. The zero-order chi connectivity index (χ0) is 32.6. The molecule has 0 heterocycles. The molecule has 236 valence electrons. The van der Waals surface area contributed by atoms with E-state index in [2.05, 4.69) is 0 Å². The monoisotopic (exact) mass is 628 g/mol. The Labute approximate surface area is 254 Å². The van der Waals surface area contributed by atoms with Crippen LogP contribution in [0.4, 0.5) is 0 Å². The number of phenolic OH excluding ortho intramolecular Hbond substituents is 2. The second-order valence-corrected chi connectivity index (χ2v) is 16.8. The second-order valence-electron chi connectivity index (χ2n) is 11.2. The van der Waals surface area contributed by atoms with E-state index in [1.165, 1.54) is 0 Å². The average Bonchev–Trinajstić information content (AvgIpc) is 2.98. The van der Waals surface area contributed by atoms with Crippen LogP contribution in [-0.2, 0) is 24.6 Å². The van der Waals surface area contributed by atoms with Crippen LogP contribution in [-0.4, -0.2) is 79.2 Å². The molecule has 3 rings (SSSR count). The van der Waals surface area contributed by atoms with E-state index in [-0.39, 0.29) is 41.9 Å². The van der Waals surface area contributed by atoms with Crippen LogP contribution in [0, 0.1) is 0 Å². The molecule has 0 saturated heterocycles. The molecule has 3 aromatic rings. The predicted molar refractivity (Wildman–Crippen MR) is 164 cm³/mol. The van der Waals surface area contributed by atoms with Crippen molar-refractivity contribution in [2.45, 2.75) is 38.0 Å². The molecule has 0 bridgehead atoms. The fourth-order valence-corrected chi connectivity index (χ4v) is 11.1. The molecule has 0 atom stereocenters. The Bertz CT molecular complexity index is 1350. The van der Waals surface area contributed by atoms with Gasteiger partial charge in [-0.2, -0.15) is 0 Å². The maximum atomic E-state index is 11.7. The molecule has 0 aromatic heterocycles. The summed E-state index contributed by atoms with van der Waals surface area (Å²) in [5, 5.41) is 58.0. The molecule has 0 unspecified atom stereocenters. The van der Waals surface area contributed by atoms with Gasteiger partial charge in [-0.05, 0) is 0 Å². The van der Waals surface area contributed by atoms with Gasteiger partial charge in [-0.1, -0.05) is 0 Å². The van der Waals surface area contributed by atoms with Crippen molar-refractivity contribution in [2.75, 3.05) is 24.6 Å². The van der Waals surface area contributed by atoms with Crippen LogP contribution in [0.15, 0.2) is 72.8 Å². The number of hydrogen-bond acceptors (Lipinski definition) is 7. The molecular formula is C32H37O11P. The zero-order valence-electron chi connectivity index (χ0n) is 24.3. The molecule has 12 heteroatoms. The first kappa shape index (κ1) is 33.9. The molecule has 0 radical (unpaired) electrons. The van der Waals surface area contributed by atoms with Crippen molar-refractivity contribution in [3.05, 3.63) is 89.5 Å². The number of carboxylic acids is 4. The van der Waals surface area contributed by atoms with E-state index in [1.807, 2.05) is 6.92 Å². The van der Waals surface area contributed by atoms with Gasteiger partial charge in [0.25, 0.3) is 0 Å². The quantitative estimate of drug-likeness (QED) is 0.0848. The fraction of sp³-hybridized carbons (Fsp3) is 0.312. The number of hydrogen-bond donors (Lipinski definition) is 6. The van der Waals surface area contributed by atoms with Gasteiger partial charge >= 0.3 is 254 Å². The van der Waals surface area contributed by atoms with E-state index in [9.17, 15) is 49.8 Å². The van der Waals surface area contributed by atoms with Crippen LogP contribution in [0.25, 0.3) is 0 Å². The van der Waals surface area contributed by atoms with Gasteiger partial charge in [-0.15, -0.1) is 0 Å². The number of phenols is 2. The summed E-state index contributed by atoms with van der Waals surface area (Å²) < 4.78 is 6.61. The van der Waals surface area contributed by atoms with E-state index < -0.39 is 61.8 Å². The van der Waals surface area contributed by atoms with Crippen molar-refractivity contribution in [1.82, 2.24) is 0 Å². The average molecular weight is 629 g/mol. The Morgan fingerprint density at radius 1 is 0.545 bits per heavy atom. The Kier molecular flexibility index (Phi) is 10.6. The molecule has 11 nitrogen and oxygen atoms in total.